The first-order chi connectivity index (χ1) is 7.87. The summed E-state index contributed by atoms with van der Waals surface area (Å²) in [4.78, 5) is 17.9. The van der Waals surface area contributed by atoms with E-state index in [9.17, 15) is 4.79 Å². The second kappa shape index (κ2) is 4.05. The molecule has 2 rings (SSSR count). The molecule has 0 atom stereocenters. The summed E-state index contributed by atoms with van der Waals surface area (Å²) in [7, 11) is 0. The topological polar surface area (TPSA) is 47.4 Å². The van der Waals surface area contributed by atoms with E-state index in [4.69, 9.17) is 4.74 Å². The van der Waals surface area contributed by atoms with E-state index < -0.39 is 5.60 Å². The van der Waals surface area contributed by atoms with Crippen LogP contribution in [0.5, 0.6) is 0 Å². The summed E-state index contributed by atoms with van der Waals surface area (Å²) in [6.45, 7) is 9.65. The fourth-order valence-electron chi connectivity index (χ4n) is 1.90. The number of rotatable bonds is 0. The van der Waals surface area contributed by atoms with Crippen LogP contribution in [-0.4, -0.2) is 32.7 Å². The smallest absolute Gasteiger partial charge is 0.410 e. The number of amides is 1. The number of aromatic nitrogens is 2. The minimum absolute atomic E-state index is 0.260. The van der Waals surface area contributed by atoms with Gasteiger partial charge < -0.3 is 9.30 Å². The Morgan fingerprint density at radius 2 is 2.12 bits per heavy atom. The lowest BCUT2D eigenvalue weighted by Gasteiger charge is -2.30. The van der Waals surface area contributed by atoms with Crippen molar-refractivity contribution in [3.05, 3.63) is 17.7 Å². The molecule has 0 aromatic carbocycles. The van der Waals surface area contributed by atoms with Gasteiger partial charge in [0.25, 0.3) is 0 Å². The molecule has 1 aliphatic heterocycles. The minimum atomic E-state index is -0.445. The van der Waals surface area contributed by atoms with Gasteiger partial charge in [0.15, 0.2) is 0 Å². The van der Waals surface area contributed by atoms with Gasteiger partial charge in [0.1, 0.15) is 11.4 Å². The van der Waals surface area contributed by atoms with Gasteiger partial charge in [0.2, 0.25) is 0 Å². The number of carbonyl (C=O) groups is 1. The predicted octanol–water partition coefficient (Wildman–Crippen LogP) is 1.94. The molecule has 0 saturated heterocycles. The molecule has 1 amide bonds. The Hall–Kier alpha value is -1.52. The van der Waals surface area contributed by atoms with Gasteiger partial charge in [-0.25, -0.2) is 9.78 Å². The number of imidazole rings is 1. The Morgan fingerprint density at radius 1 is 1.41 bits per heavy atom. The molecule has 94 valence electrons. The summed E-state index contributed by atoms with van der Waals surface area (Å²) in [5.41, 5.74) is 0.698. The molecular formula is C12H19N3O2. The van der Waals surface area contributed by atoms with Crippen molar-refractivity contribution in [2.24, 2.45) is 0 Å². The van der Waals surface area contributed by atoms with Crippen LogP contribution in [0, 0.1) is 6.92 Å². The van der Waals surface area contributed by atoms with E-state index in [2.05, 4.69) is 9.55 Å². The Balaban J connectivity index is 2.05. The Labute approximate surface area is 101 Å². The lowest BCUT2D eigenvalue weighted by atomic mass is 10.2. The molecule has 1 aromatic rings. The third kappa shape index (κ3) is 2.60. The molecule has 0 spiro atoms. The number of aryl methyl sites for hydroxylation is 1. The molecule has 0 unspecified atom stereocenters. The SMILES string of the molecule is Cc1cnc2n1CCN(C(=O)OC(C)(C)C)C2. The van der Waals surface area contributed by atoms with Crippen molar-refractivity contribution in [1.29, 1.82) is 0 Å². The molecule has 2 heterocycles. The number of nitrogens with zero attached hydrogens (tertiary/aromatic N) is 3. The van der Waals surface area contributed by atoms with Gasteiger partial charge in [-0.3, -0.25) is 4.90 Å². The van der Waals surface area contributed by atoms with Crippen LogP contribution in [-0.2, 0) is 17.8 Å². The van der Waals surface area contributed by atoms with E-state index in [0.717, 1.165) is 18.1 Å². The highest BCUT2D eigenvalue weighted by atomic mass is 16.6. The average molecular weight is 237 g/mol. The molecule has 0 saturated carbocycles. The fourth-order valence-corrected chi connectivity index (χ4v) is 1.90. The molecule has 0 radical (unpaired) electrons. The summed E-state index contributed by atoms with van der Waals surface area (Å²) in [5, 5.41) is 0. The van der Waals surface area contributed by atoms with Gasteiger partial charge in [-0.2, -0.15) is 0 Å². The zero-order chi connectivity index (χ0) is 12.6. The Morgan fingerprint density at radius 3 is 2.76 bits per heavy atom. The van der Waals surface area contributed by atoms with Gasteiger partial charge >= 0.3 is 6.09 Å². The zero-order valence-electron chi connectivity index (χ0n) is 10.9. The first-order valence-electron chi connectivity index (χ1n) is 5.86. The maximum Gasteiger partial charge on any atom is 0.410 e. The Kier molecular flexibility index (Phi) is 2.85. The predicted molar refractivity (Wildman–Crippen MR) is 63.6 cm³/mol. The molecule has 0 bridgehead atoms. The van der Waals surface area contributed by atoms with Gasteiger partial charge in [-0.1, -0.05) is 0 Å². The summed E-state index contributed by atoms with van der Waals surface area (Å²) in [6, 6.07) is 0. The lowest BCUT2D eigenvalue weighted by Crippen LogP contribution is -2.41. The number of hydrogen-bond donors (Lipinski definition) is 0. The Bertz CT molecular complexity index is 431. The van der Waals surface area contributed by atoms with Gasteiger partial charge in [0, 0.05) is 25.0 Å². The standard InChI is InChI=1S/C12H19N3O2/c1-9-7-13-10-8-14(5-6-15(9)10)11(16)17-12(2,3)4/h7H,5-6,8H2,1-4H3. The van der Waals surface area contributed by atoms with Crippen LogP contribution in [0.3, 0.4) is 0 Å². The molecular weight excluding hydrogens is 218 g/mol. The summed E-state index contributed by atoms with van der Waals surface area (Å²) in [5.74, 6) is 0.930. The second-order valence-electron chi connectivity index (χ2n) is 5.37. The quantitative estimate of drug-likeness (QED) is 0.692. The van der Waals surface area contributed by atoms with Crippen molar-refractivity contribution in [2.75, 3.05) is 6.54 Å². The van der Waals surface area contributed by atoms with Crippen molar-refractivity contribution >= 4 is 6.09 Å². The average Bonchev–Trinajstić information content (AvgIpc) is 2.57. The van der Waals surface area contributed by atoms with Crippen LogP contribution in [0.15, 0.2) is 6.20 Å². The lowest BCUT2D eigenvalue weighted by molar-refractivity contribution is 0.0194. The van der Waals surface area contributed by atoms with Crippen LogP contribution in [0.2, 0.25) is 0 Å². The van der Waals surface area contributed by atoms with E-state index in [0.29, 0.717) is 13.1 Å². The molecule has 0 N–H and O–H groups in total. The highest BCUT2D eigenvalue weighted by molar-refractivity contribution is 5.68. The van der Waals surface area contributed by atoms with E-state index >= 15 is 0 Å². The summed E-state index contributed by atoms with van der Waals surface area (Å²) < 4.78 is 7.49. The highest BCUT2D eigenvalue weighted by Gasteiger charge is 2.26. The number of fused-ring (bicyclic) bond motifs is 1. The van der Waals surface area contributed by atoms with Crippen molar-refractivity contribution < 1.29 is 9.53 Å². The first kappa shape index (κ1) is 12.0. The molecule has 1 aliphatic rings. The summed E-state index contributed by atoms with van der Waals surface area (Å²) >= 11 is 0. The molecule has 5 heteroatoms. The van der Waals surface area contributed by atoms with E-state index in [1.807, 2.05) is 33.9 Å². The molecule has 1 aromatic heterocycles. The number of ether oxygens (including phenoxy) is 1. The van der Waals surface area contributed by atoms with Crippen LogP contribution in [0.4, 0.5) is 4.79 Å². The third-order valence-corrected chi connectivity index (χ3v) is 2.72. The summed E-state index contributed by atoms with van der Waals surface area (Å²) in [6.07, 6.45) is 1.58. The number of carbonyl (C=O) groups excluding carboxylic acids is 1. The maximum atomic E-state index is 11.9. The third-order valence-electron chi connectivity index (χ3n) is 2.72. The van der Waals surface area contributed by atoms with Crippen molar-refractivity contribution in [2.45, 2.75) is 46.4 Å². The fraction of sp³-hybridized carbons (Fsp3) is 0.667. The number of hydrogen-bond acceptors (Lipinski definition) is 3. The van der Waals surface area contributed by atoms with Crippen molar-refractivity contribution in [3.8, 4) is 0 Å². The van der Waals surface area contributed by atoms with E-state index in [-0.39, 0.29) is 6.09 Å². The monoisotopic (exact) mass is 237 g/mol. The second-order valence-corrected chi connectivity index (χ2v) is 5.37. The van der Waals surface area contributed by atoms with Crippen LogP contribution in [0.1, 0.15) is 32.3 Å². The molecule has 0 fully saturated rings. The largest absolute Gasteiger partial charge is 0.444 e. The van der Waals surface area contributed by atoms with Gasteiger partial charge in [-0.15, -0.1) is 0 Å². The van der Waals surface area contributed by atoms with E-state index in [1.54, 1.807) is 4.90 Å². The minimum Gasteiger partial charge on any atom is -0.444 e. The molecule has 17 heavy (non-hydrogen) atoms. The van der Waals surface area contributed by atoms with Gasteiger partial charge in [0.05, 0.1) is 6.54 Å². The van der Waals surface area contributed by atoms with Crippen LogP contribution < -0.4 is 0 Å². The van der Waals surface area contributed by atoms with Gasteiger partial charge in [-0.05, 0) is 27.7 Å². The van der Waals surface area contributed by atoms with Crippen LogP contribution in [0.25, 0.3) is 0 Å². The van der Waals surface area contributed by atoms with Crippen LogP contribution >= 0.6 is 0 Å². The normalized spacial score (nSPS) is 15.6. The maximum absolute atomic E-state index is 11.9. The van der Waals surface area contributed by atoms with Crippen molar-refractivity contribution in [1.82, 2.24) is 14.5 Å². The van der Waals surface area contributed by atoms with Crippen molar-refractivity contribution in [3.63, 3.8) is 0 Å². The van der Waals surface area contributed by atoms with E-state index in [1.165, 1.54) is 0 Å². The first-order valence-corrected chi connectivity index (χ1v) is 5.86. The highest BCUT2D eigenvalue weighted by Crippen LogP contribution is 2.16. The zero-order valence-corrected chi connectivity index (χ0v) is 10.9. The molecule has 5 nitrogen and oxygen atoms in total. The molecule has 0 aliphatic carbocycles.